The number of hydrogen-bond acceptors (Lipinski definition) is 4. The number of nitrogens with two attached hydrogens (primary N) is 1. The highest BCUT2D eigenvalue weighted by atomic mass is 16.5. The SMILES string of the molecule is COCCNC(=O)CN(C)C(=O)C1(CN)CCCCCC1. The molecule has 0 aromatic carbocycles. The molecule has 1 saturated carbocycles. The van der Waals surface area contributed by atoms with E-state index >= 15 is 0 Å². The van der Waals surface area contributed by atoms with E-state index in [1.807, 2.05) is 0 Å². The second kappa shape index (κ2) is 9.00. The van der Waals surface area contributed by atoms with Crippen molar-refractivity contribution < 1.29 is 14.3 Å². The number of likely N-dealkylation sites (N-methyl/N-ethyl adjacent to an activating group) is 1. The van der Waals surface area contributed by atoms with E-state index in [1.54, 1.807) is 14.2 Å². The zero-order chi connectivity index (χ0) is 15.7. The van der Waals surface area contributed by atoms with Gasteiger partial charge in [0.05, 0.1) is 18.6 Å². The van der Waals surface area contributed by atoms with Crippen molar-refractivity contribution in [2.24, 2.45) is 11.1 Å². The van der Waals surface area contributed by atoms with Gasteiger partial charge in [0, 0.05) is 27.2 Å². The van der Waals surface area contributed by atoms with Crippen LogP contribution >= 0.6 is 0 Å². The maximum atomic E-state index is 12.7. The number of carbonyl (C=O) groups excluding carboxylic acids is 2. The van der Waals surface area contributed by atoms with Crippen LogP contribution in [-0.2, 0) is 14.3 Å². The van der Waals surface area contributed by atoms with Gasteiger partial charge in [-0.15, -0.1) is 0 Å². The third kappa shape index (κ3) is 5.28. The van der Waals surface area contributed by atoms with E-state index in [-0.39, 0.29) is 18.4 Å². The Hall–Kier alpha value is -1.14. The molecule has 0 spiro atoms. The van der Waals surface area contributed by atoms with Crippen LogP contribution in [0, 0.1) is 5.41 Å². The Labute approximate surface area is 127 Å². The van der Waals surface area contributed by atoms with Gasteiger partial charge in [0.25, 0.3) is 0 Å². The van der Waals surface area contributed by atoms with Crippen molar-refractivity contribution >= 4 is 11.8 Å². The van der Waals surface area contributed by atoms with Crippen molar-refractivity contribution in [2.45, 2.75) is 38.5 Å². The Morgan fingerprint density at radius 1 is 1.24 bits per heavy atom. The van der Waals surface area contributed by atoms with Gasteiger partial charge in [0.1, 0.15) is 0 Å². The van der Waals surface area contributed by atoms with E-state index in [0.29, 0.717) is 19.7 Å². The molecule has 122 valence electrons. The fraction of sp³-hybridized carbons (Fsp3) is 0.867. The van der Waals surface area contributed by atoms with Gasteiger partial charge in [-0.2, -0.15) is 0 Å². The summed E-state index contributed by atoms with van der Waals surface area (Å²) in [5, 5.41) is 2.73. The summed E-state index contributed by atoms with van der Waals surface area (Å²) < 4.78 is 4.88. The van der Waals surface area contributed by atoms with Gasteiger partial charge in [-0.05, 0) is 12.8 Å². The zero-order valence-electron chi connectivity index (χ0n) is 13.3. The lowest BCUT2D eigenvalue weighted by molar-refractivity contribution is -0.144. The monoisotopic (exact) mass is 299 g/mol. The summed E-state index contributed by atoms with van der Waals surface area (Å²) in [6.07, 6.45) is 6.07. The van der Waals surface area contributed by atoms with E-state index in [0.717, 1.165) is 38.5 Å². The molecule has 0 aliphatic heterocycles. The molecule has 6 heteroatoms. The number of nitrogens with one attached hydrogen (secondary N) is 1. The molecule has 1 rings (SSSR count). The number of carbonyl (C=O) groups is 2. The highest BCUT2D eigenvalue weighted by Gasteiger charge is 2.39. The summed E-state index contributed by atoms with van der Waals surface area (Å²) in [6.45, 7) is 1.36. The third-order valence-electron chi connectivity index (χ3n) is 4.26. The Balaban J connectivity index is 2.56. The first-order valence-electron chi connectivity index (χ1n) is 7.77. The Kier molecular flexibility index (Phi) is 7.67. The van der Waals surface area contributed by atoms with Crippen LogP contribution in [0.5, 0.6) is 0 Å². The number of hydrogen-bond donors (Lipinski definition) is 2. The molecule has 1 fully saturated rings. The van der Waals surface area contributed by atoms with E-state index in [4.69, 9.17) is 10.5 Å². The first-order chi connectivity index (χ1) is 10.1. The molecule has 0 atom stereocenters. The maximum Gasteiger partial charge on any atom is 0.239 e. The summed E-state index contributed by atoms with van der Waals surface area (Å²) in [5.41, 5.74) is 5.44. The minimum Gasteiger partial charge on any atom is -0.383 e. The van der Waals surface area contributed by atoms with Gasteiger partial charge in [0.2, 0.25) is 11.8 Å². The minimum absolute atomic E-state index is 0.00814. The van der Waals surface area contributed by atoms with Crippen molar-refractivity contribution in [3.05, 3.63) is 0 Å². The minimum atomic E-state index is -0.474. The van der Waals surface area contributed by atoms with E-state index in [1.165, 1.54) is 4.90 Å². The summed E-state index contributed by atoms with van der Waals surface area (Å²) in [5.74, 6) is -0.155. The molecule has 2 amide bonds. The van der Waals surface area contributed by atoms with Crippen LogP contribution in [0.2, 0.25) is 0 Å². The normalized spacial score (nSPS) is 17.9. The van der Waals surface area contributed by atoms with Crippen molar-refractivity contribution in [2.75, 3.05) is 40.4 Å². The quantitative estimate of drug-likeness (QED) is 0.530. The first-order valence-corrected chi connectivity index (χ1v) is 7.77. The molecule has 0 heterocycles. The molecule has 0 aromatic rings. The first kappa shape index (κ1) is 17.9. The molecule has 21 heavy (non-hydrogen) atoms. The maximum absolute atomic E-state index is 12.7. The fourth-order valence-corrected chi connectivity index (χ4v) is 2.95. The number of ether oxygens (including phenoxy) is 1. The van der Waals surface area contributed by atoms with Crippen LogP contribution in [0.3, 0.4) is 0 Å². The van der Waals surface area contributed by atoms with Crippen LogP contribution in [0.4, 0.5) is 0 Å². The van der Waals surface area contributed by atoms with Crippen molar-refractivity contribution in [3.63, 3.8) is 0 Å². The second-order valence-corrected chi connectivity index (χ2v) is 5.90. The molecule has 3 N–H and O–H groups in total. The molecular formula is C15H29N3O3. The number of rotatable bonds is 7. The summed E-state index contributed by atoms with van der Waals surface area (Å²) in [7, 11) is 3.26. The molecule has 1 aliphatic rings. The van der Waals surface area contributed by atoms with Gasteiger partial charge >= 0.3 is 0 Å². The van der Waals surface area contributed by atoms with Crippen LogP contribution < -0.4 is 11.1 Å². The molecule has 0 unspecified atom stereocenters. The lowest BCUT2D eigenvalue weighted by Gasteiger charge is -2.34. The van der Waals surface area contributed by atoms with E-state index < -0.39 is 5.41 Å². The second-order valence-electron chi connectivity index (χ2n) is 5.90. The van der Waals surface area contributed by atoms with Crippen LogP contribution in [0.25, 0.3) is 0 Å². The summed E-state index contributed by atoms with van der Waals surface area (Å²) >= 11 is 0. The number of nitrogens with zero attached hydrogens (tertiary/aromatic N) is 1. The average molecular weight is 299 g/mol. The Morgan fingerprint density at radius 2 is 1.86 bits per heavy atom. The summed E-state index contributed by atoms with van der Waals surface area (Å²) in [4.78, 5) is 26.0. The lowest BCUT2D eigenvalue weighted by Crippen LogP contribution is -2.49. The molecule has 0 saturated heterocycles. The van der Waals surface area contributed by atoms with Crippen LogP contribution in [-0.4, -0.2) is 57.1 Å². The number of methoxy groups -OCH3 is 1. The topological polar surface area (TPSA) is 84.7 Å². The Bertz CT molecular complexity index is 339. The largest absolute Gasteiger partial charge is 0.383 e. The van der Waals surface area contributed by atoms with Crippen LogP contribution in [0.1, 0.15) is 38.5 Å². The van der Waals surface area contributed by atoms with Crippen molar-refractivity contribution in [1.82, 2.24) is 10.2 Å². The predicted molar refractivity (Wildman–Crippen MR) is 81.7 cm³/mol. The molecule has 0 aromatic heterocycles. The third-order valence-corrected chi connectivity index (χ3v) is 4.26. The highest BCUT2D eigenvalue weighted by molar-refractivity contribution is 5.88. The zero-order valence-corrected chi connectivity index (χ0v) is 13.3. The van der Waals surface area contributed by atoms with Gasteiger partial charge in [-0.1, -0.05) is 25.7 Å². The Morgan fingerprint density at radius 3 is 2.38 bits per heavy atom. The van der Waals surface area contributed by atoms with Crippen molar-refractivity contribution in [1.29, 1.82) is 0 Å². The van der Waals surface area contributed by atoms with Crippen molar-refractivity contribution in [3.8, 4) is 0 Å². The van der Waals surface area contributed by atoms with Crippen LogP contribution in [0.15, 0.2) is 0 Å². The molecule has 6 nitrogen and oxygen atoms in total. The van der Waals surface area contributed by atoms with Gasteiger partial charge in [-0.3, -0.25) is 9.59 Å². The van der Waals surface area contributed by atoms with Gasteiger partial charge < -0.3 is 20.7 Å². The standard InChI is InChI=1S/C15H29N3O3/c1-18(11-13(19)17-9-10-21-2)14(20)15(12-16)7-5-3-4-6-8-15/h3-12,16H2,1-2H3,(H,17,19). The molecule has 0 radical (unpaired) electrons. The van der Waals surface area contributed by atoms with E-state index in [2.05, 4.69) is 5.32 Å². The molecule has 0 bridgehead atoms. The fourth-order valence-electron chi connectivity index (χ4n) is 2.95. The molecule has 1 aliphatic carbocycles. The average Bonchev–Trinajstić information content (AvgIpc) is 2.73. The smallest absolute Gasteiger partial charge is 0.239 e. The van der Waals surface area contributed by atoms with E-state index in [9.17, 15) is 9.59 Å². The molecular weight excluding hydrogens is 270 g/mol. The summed E-state index contributed by atoms with van der Waals surface area (Å²) in [6, 6.07) is 0. The highest BCUT2D eigenvalue weighted by Crippen LogP contribution is 2.35. The van der Waals surface area contributed by atoms with Gasteiger partial charge in [-0.25, -0.2) is 0 Å². The lowest BCUT2D eigenvalue weighted by atomic mass is 9.79. The van der Waals surface area contributed by atoms with Gasteiger partial charge in [0.15, 0.2) is 0 Å². The predicted octanol–water partition coefficient (Wildman–Crippen LogP) is 0.507. The number of amides is 2.